The molecule has 1 saturated carbocycles. The van der Waals surface area contributed by atoms with Gasteiger partial charge in [-0.2, -0.15) is 0 Å². The second-order valence-corrected chi connectivity index (χ2v) is 8.44. The fourth-order valence-corrected chi connectivity index (χ4v) is 4.56. The molecule has 0 radical (unpaired) electrons. The average molecular weight is 403 g/mol. The Morgan fingerprint density at radius 3 is 2.66 bits per heavy atom. The van der Waals surface area contributed by atoms with Gasteiger partial charge in [0.15, 0.2) is 0 Å². The molecule has 3 aliphatic rings. The third-order valence-electron chi connectivity index (χ3n) is 6.47. The number of ether oxygens (including phenoxy) is 1. The highest BCUT2D eigenvalue weighted by Crippen LogP contribution is 2.29. The normalized spacial score (nSPS) is 24.4. The molecule has 0 spiro atoms. The summed E-state index contributed by atoms with van der Waals surface area (Å²) < 4.78 is 18.9. The van der Waals surface area contributed by atoms with Crippen LogP contribution in [-0.2, 0) is 20.7 Å². The molecular weight excluding hydrogens is 373 g/mol. The predicted molar refractivity (Wildman–Crippen MR) is 107 cm³/mol. The summed E-state index contributed by atoms with van der Waals surface area (Å²) in [5.74, 6) is -0.464. The van der Waals surface area contributed by atoms with E-state index in [1.54, 1.807) is 12.1 Å². The Kier molecular flexibility index (Phi) is 6.45. The van der Waals surface area contributed by atoms with Crippen LogP contribution in [0.4, 0.5) is 4.39 Å². The molecule has 3 fully saturated rings. The summed E-state index contributed by atoms with van der Waals surface area (Å²) in [7, 11) is 0. The first-order chi connectivity index (χ1) is 14.1. The van der Waals surface area contributed by atoms with E-state index in [9.17, 15) is 14.0 Å². The van der Waals surface area contributed by atoms with Crippen LogP contribution in [0.15, 0.2) is 24.3 Å². The van der Waals surface area contributed by atoms with Gasteiger partial charge in [0.25, 0.3) is 0 Å². The summed E-state index contributed by atoms with van der Waals surface area (Å²) >= 11 is 0. The van der Waals surface area contributed by atoms with Gasteiger partial charge in [0.2, 0.25) is 11.8 Å². The summed E-state index contributed by atoms with van der Waals surface area (Å²) in [6.45, 7) is 3.09. The summed E-state index contributed by atoms with van der Waals surface area (Å²) in [6, 6.07) is 7.09. The largest absolute Gasteiger partial charge is 0.365 e. The van der Waals surface area contributed by atoms with E-state index in [1.807, 2.05) is 4.90 Å². The van der Waals surface area contributed by atoms with Gasteiger partial charge in [-0.15, -0.1) is 0 Å². The Labute approximate surface area is 171 Å². The van der Waals surface area contributed by atoms with Crippen molar-refractivity contribution >= 4 is 11.8 Å². The number of amides is 2. The van der Waals surface area contributed by atoms with Gasteiger partial charge in [0.1, 0.15) is 12.4 Å². The number of likely N-dealkylation sites (tertiary alicyclic amines) is 1. The molecule has 6 nitrogen and oxygen atoms in total. The first-order valence-electron chi connectivity index (χ1n) is 10.7. The van der Waals surface area contributed by atoms with Crippen LogP contribution in [0.25, 0.3) is 0 Å². The van der Waals surface area contributed by atoms with Gasteiger partial charge in [-0.3, -0.25) is 9.59 Å². The highest BCUT2D eigenvalue weighted by Gasteiger charge is 2.35. The Bertz CT molecular complexity index is 732. The van der Waals surface area contributed by atoms with E-state index < -0.39 is 0 Å². The highest BCUT2D eigenvalue weighted by atomic mass is 19.1. The Morgan fingerprint density at radius 2 is 1.97 bits per heavy atom. The minimum Gasteiger partial charge on any atom is -0.365 e. The lowest BCUT2D eigenvalue weighted by Gasteiger charge is -2.45. The lowest BCUT2D eigenvalue weighted by atomic mass is 9.89. The maximum atomic E-state index is 13.3. The van der Waals surface area contributed by atoms with Crippen LogP contribution >= 0.6 is 0 Å². The van der Waals surface area contributed by atoms with E-state index in [-0.39, 0.29) is 42.8 Å². The number of piperidine rings is 1. The van der Waals surface area contributed by atoms with Crippen molar-refractivity contribution in [3.05, 3.63) is 35.6 Å². The maximum Gasteiger partial charge on any atom is 0.248 e. The van der Waals surface area contributed by atoms with Crippen molar-refractivity contribution in [2.75, 3.05) is 32.8 Å². The van der Waals surface area contributed by atoms with Crippen LogP contribution < -0.4 is 5.32 Å². The quantitative estimate of drug-likeness (QED) is 0.786. The maximum absolute atomic E-state index is 13.3. The number of rotatable bonds is 6. The number of nitrogens with one attached hydrogen (secondary N) is 1. The number of hydrogen-bond acceptors (Lipinski definition) is 4. The van der Waals surface area contributed by atoms with Gasteiger partial charge in [-0.25, -0.2) is 4.39 Å². The van der Waals surface area contributed by atoms with E-state index in [0.717, 1.165) is 32.0 Å². The van der Waals surface area contributed by atoms with Gasteiger partial charge in [0.05, 0.1) is 12.5 Å². The van der Waals surface area contributed by atoms with E-state index in [1.165, 1.54) is 31.4 Å². The van der Waals surface area contributed by atoms with Crippen LogP contribution in [0.5, 0.6) is 0 Å². The molecule has 1 aromatic rings. The number of carbonyl (C=O) groups is 2. The molecule has 2 aliphatic heterocycles. The molecule has 2 amide bonds. The molecule has 1 N–H and O–H groups in total. The zero-order valence-corrected chi connectivity index (χ0v) is 16.8. The fourth-order valence-electron chi connectivity index (χ4n) is 4.56. The number of halogens is 1. The van der Waals surface area contributed by atoms with Crippen molar-refractivity contribution < 1.29 is 18.7 Å². The highest BCUT2D eigenvalue weighted by molar-refractivity contribution is 5.79. The molecule has 29 heavy (non-hydrogen) atoms. The van der Waals surface area contributed by atoms with Gasteiger partial charge in [-0.1, -0.05) is 18.6 Å². The second kappa shape index (κ2) is 9.22. The number of nitrogens with zero attached hydrogens (tertiary/aromatic N) is 2. The molecule has 0 aromatic heterocycles. The SMILES string of the molecule is O=C(Cc1cccc(F)c1)NC[C@@H]1CN(C2CCN(C3CCC3)CC2)C(=O)CO1. The predicted octanol–water partition coefficient (Wildman–Crippen LogP) is 1.73. The molecule has 4 rings (SSSR count). The van der Waals surface area contributed by atoms with Gasteiger partial charge < -0.3 is 19.9 Å². The number of benzene rings is 1. The van der Waals surface area contributed by atoms with E-state index in [2.05, 4.69) is 10.2 Å². The van der Waals surface area contributed by atoms with Gasteiger partial charge in [0, 0.05) is 38.3 Å². The monoisotopic (exact) mass is 403 g/mol. The van der Waals surface area contributed by atoms with Gasteiger partial charge in [-0.05, 0) is 43.4 Å². The van der Waals surface area contributed by atoms with Crippen molar-refractivity contribution in [1.82, 2.24) is 15.1 Å². The van der Waals surface area contributed by atoms with Crippen LogP contribution in [0.3, 0.4) is 0 Å². The van der Waals surface area contributed by atoms with Crippen molar-refractivity contribution in [3.63, 3.8) is 0 Å². The molecular formula is C22H30FN3O3. The Morgan fingerprint density at radius 1 is 1.17 bits per heavy atom. The molecule has 158 valence electrons. The topological polar surface area (TPSA) is 61.9 Å². The molecule has 1 aliphatic carbocycles. The third-order valence-corrected chi connectivity index (χ3v) is 6.47. The van der Waals surface area contributed by atoms with Crippen molar-refractivity contribution in [2.24, 2.45) is 0 Å². The van der Waals surface area contributed by atoms with Crippen molar-refractivity contribution in [3.8, 4) is 0 Å². The standard InChI is InChI=1S/C22H30FN3O3/c23-17-4-1-3-16(11-17)12-21(27)24-13-20-14-26(22(28)15-29-20)19-7-9-25(10-8-19)18-5-2-6-18/h1,3-4,11,18-20H,2,5-10,12-15H2,(H,24,27)/t20-/m1/s1. The summed E-state index contributed by atoms with van der Waals surface area (Å²) in [4.78, 5) is 29.1. The molecule has 2 saturated heterocycles. The second-order valence-electron chi connectivity index (χ2n) is 8.44. The molecule has 0 unspecified atom stereocenters. The number of hydrogen-bond donors (Lipinski definition) is 1. The van der Waals surface area contributed by atoms with E-state index in [4.69, 9.17) is 4.74 Å². The summed E-state index contributed by atoms with van der Waals surface area (Å²) in [5, 5.41) is 2.86. The third kappa shape index (κ3) is 5.14. The average Bonchev–Trinajstić information content (AvgIpc) is 2.67. The van der Waals surface area contributed by atoms with Crippen molar-refractivity contribution in [1.29, 1.82) is 0 Å². The van der Waals surface area contributed by atoms with Crippen LogP contribution in [0.2, 0.25) is 0 Å². The molecule has 7 heteroatoms. The number of morpholine rings is 1. The van der Waals surface area contributed by atoms with Crippen molar-refractivity contribution in [2.45, 2.75) is 56.7 Å². The van der Waals surface area contributed by atoms with E-state index >= 15 is 0 Å². The van der Waals surface area contributed by atoms with Crippen LogP contribution in [0.1, 0.15) is 37.7 Å². The minimum absolute atomic E-state index is 0.0504. The fraction of sp³-hybridized carbons (Fsp3) is 0.636. The molecule has 0 bridgehead atoms. The number of carbonyl (C=O) groups excluding carboxylic acids is 2. The molecule has 2 heterocycles. The summed E-state index contributed by atoms with van der Waals surface area (Å²) in [6.07, 6.45) is 5.94. The van der Waals surface area contributed by atoms with Crippen LogP contribution in [0, 0.1) is 5.82 Å². The van der Waals surface area contributed by atoms with Gasteiger partial charge >= 0.3 is 0 Å². The first-order valence-corrected chi connectivity index (χ1v) is 10.7. The molecule has 1 atom stereocenters. The van der Waals surface area contributed by atoms with E-state index in [0.29, 0.717) is 18.7 Å². The Balaban J connectivity index is 1.23. The zero-order chi connectivity index (χ0) is 20.2. The smallest absolute Gasteiger partial charge is 0.248 e. The lowest BCUT2D eigenvalue weighted by molar-refractivity contribution is -0.153. The molecule has 1 aromatic carbocycles. The summed E-state index contributed by atoms with van der Waals surface area (Å²) in [5.41, 5.74) is 0.641. The van der Waals surface area contributed by atoms with Crippen LogP contribution in [-0.4, -0.2) is 72.6 Å². The minimum atomic E-state index is -0.344. The first kappa shape index (κ1) is 20.3. The lowest BCUT2D eigenvalue weighted by Crippen LogP contribution is -2.57. The Hall–Kier alpha value is -1.99. The zero-order valence-electron chi connectivity index (χ0n) is 16.8.